The van der Waals surface area contributed by atoms with Gasteiger partial charge in [0.15, 0.2) is 0 Å². The van der Waals surface area contributed by atoms with E-state index in [2.05, 4.69) is 10.1 Å². The second-order valence-corrected chi connectivity index (χ2v) is 5.38. The number of nitro benzene ring substituents is 1. The van der Waals surface area contributed by atoms with Crippen LogP contribution in [-0.2, 0) is 17.9 Å². The van der Waals surface area contributed by atoms with Gasteiger partial charge in [-0.1, -0.05) is 36.4 Å². The van der Waals surface area contributed by atoms with Crippen molar-refractivity contribution in [3.05, 3.63) is 75.3 Å². The van der Waals surface area contributed by atoms with E-state index < -0.39 is 23.6 Å². The Balaban J connectivity index is 1.90. The van der Waals surface area contributed by atoms with E-state index in [4.69, 9.17) is 0 Å². The van der Waals surface area contributed by atoms with Gasteiger partial charge in [-0.25, -0.2) is 0 Å². The molecule has 0 atom stereocenters. The number of nitro groups is 1. The summed E-state index contributed by atoms with van der Waals surface area (Å²) in [6, 6.07) is 12.0. The summed E-state index contributed by atoms with van der Waals surface area (Å²) in [5.74, 6) is -0.588. The summed E-state index contributed by atoms with van der Waals surface area (Å²) < 4.78 is 40.6. The lowest BCUT2D eigenvalue weighted by molar-refractivity contribution is -0.385. The Morgan fingerprint density at radius 3 is 2.31 bits per heavy atom. The van der Waals surface area contributed by atoms with Gasteiger partial charge in [0.2, 0.25) is 0 Å². The maximum Gasteiger partial charge on any atom is 0.411 e. The molecule has 1 N–H and O–H groups in total. The first-order valence-corrected chi connectivity index (χ1v) is 7.50. The van der Waals surface area contributed by atoms with Crippen molar-refractivity contribution < 1.29 is 27.6 Å². The van der Waals surface area contributed by atoms with E-state index in [1.807, 2.05) is 0 Å². The molecular weight excluding hydrogens is 353 g/mol. The number of benzene rings is 2. The Hall–Kier alpha value is -2.94. The molecule has 0 aliphatic carbocycles. The third kappa shape index (κ3) is 5.85. The fourth-order valence-corrected chi connectivity index (χ4v) is 2.14. The molecule has 0 radical (unpaired) electrons. The number of ether oxygens (including phenoxy) is 1. The van der Waals surface area contributed by atoms with Crippen LogP contribution < -0.4 is 5.32 Å². The van der Waals surface area contributed by atoms with Crippen molar-refractivity contribution in [3.63, 3.8) is 0 Å². The number of carbonyl (C=O) groups is 1. The number of nitrogens with one attached hydrogen (secondary N) is 1. The fraction of sp³-hybridized carbons (Fsp3) is 0.235. The third-order valence-corrected chi connectivity index (χ3v) is 3.36. The zero-order chi connectivity index (χ0) is 19.2. The van der Waals surface area contributed by atoms with Crippen molar-refractivity contribution in [3.8, 4) is 0 Å². The number of nitrogens with zero attached hydrogens (tertiary/aromatic N) is 1. The summed E-state index contributed by atoms with van der Waals surface area (Å²) in [7, 11) is 0. The first kappa shape index (κ1) is 19.4. The summed E-state index contributed by atoms with van der Waals surface area (Å²) in [5, 5.41) is 13.5. The molecule has 0 spiro atoms. The minimum atomic E-state index is -4.37. The highest BCUT2D eigenvalue weighted by Gasteiger charge is 2.27. The van der Waals surface area contributed by atoms with Crippen LogP contribution in [0.4, 0.5) is 18.9 Å². The molecule has 0 bridgehead atoms. The number of para-hydroxylation sites is 1. The minimum absolute atomic E-state index is 0.0466. The summed E-state index contributed by atoms with van der Waals surface area (Å²) >= 11 is 0. The van der Waals surface area contributed by atoms with E-state index in [1.54, 1.807) is 24.3 Å². The molecule has 1 amide bonds. The van der Waals surface area contributed by atoms with Gasteiger partial charge < -0.3 is 10.1 Å². The lowest BCUT2D eigenvalue weighted by Crippen LogP contribution is -2.23. The van der Waals surface area contributed by atoms with Crippen molar-refractivity contribution in [2.24, 2.45) is 0 Å². The number of alkyl halides is 3. The lowest BCUT2D eigenvalue weighted by atomic mass is 10.1. The Kier molecular flexibility index (Phi) is 6.29. The first-order chi connectivity index (χ1) is 12.3. The number of halogens is 3. The zero-order valence-electron chi connectivity index (χ0n) is 13.5. The molecule has 0 saturated carbocycles. The highest BCUT2D eigenvalue weighted by Crippen LogP contribution is 2.18. The number of hydrogen-bond donors (Lipinski definition) is 1. The number of amides is 1. The second-order valence-electron chi connectivity index (χ2n) is 5.38. The summed E-state index contributed by atoms with van der Waals surface area (Å²) in [4.78, 5) is 22.4. The molecule has 9 heteroatoms. The average Bonchev–Trinajstić information content (AvgIpc) is 2.59. The largest absolute Gasteiger partial charge is 0.411 e. The maximum absolute atomic E-state index is 12.1. The molecule has 138 valence electrons. The van der Waals surface area contributed by atoms with Gasteiger partial charge in [0.25, 0.3) is 11.6 Å². The van der Waals surface area contributed by atoms with Crippen LogP contribution in [0.15, 0.2) is 48.5 Å². The highest BCUT2D eigenvalue weighted by molar-refractivity contribution is 5.98. The topological polar surface area (TPSA) is 81.5 Å². The van der Waals surface area contributed by atoms with E-state index in [1.165, 1.54) is 24.3 Å². The first-order valence-electron chi connectivity index (χ1n) is 7.50. The zero-order valence-corrected chi connectivity index (χ0v) is 13.5. The van der Waals surface area contributed by atoms with Crippen molar-refractivity contribution in [2.75, 3.05) is 6.61 Å². The molecule has 26 heavy (non-hydrogen) atoms. The van der Waals surface area contributed by atoms with E-state index in [9.17, 15) is 28.1 Å². The predicted molar refractivity (Wildman–Crippen MR) is 86.4 cm³/mol. The molecule has 0 heterocycles. The maximum atomic E-state index is 12.1. The van der Waals surface area contributed by atoms with Crippen molar-refractivity contribution in [1.29, 1.82) is 0 Å². The summed E-state index contributed by atoms with van der Waals surface area (Å²) in [6.07, 6.45) is -4.37. The molecule has 0 unspecified atom stereocenters. The molecular formula is C17H15F3N2O4. The van der Waals surface area contributed by atoms with Crippen LogP contribution in [0.3, 0.4) is 0 Å². The van der Waals surface area contributed by atoms with Gasteiger partial charge in [-0.3, -0.25) is 14.9 Å². The second kappa shape index (κ2) is 8.43. The van der Waals surface area contributed by atoms with E-state index in [-0.39, 0.29) is 24.4 Å². The normalized spacial score (nSPS) is 11.2. The lowest BCUT2D eigenvalue weighted by Gasteiger charge is -2.09. The van der Waals surface area contributed by atoms with Gasteiger partial charge in [-0.2, -0.15) is 13.2 Å². The molecule has 0 aliphatic heterocycles. The van der Waals surface area contributed by atoms with Gasteiger partial charge in [0.1, 0.15) is 12.2 Å². The summed E-state index contributed by atoms with van der Waals surface area (Å²) in [5.41, 5.74) is 0.913. The van der Waals surface area contributed by atoms with Crippen molar-refractivity contribution in [2.45, 2.75) is 19.3 Å². The van der Waals surface area contributed by atoms with E-state index in [0.717, 1.165) is 0 Å². The van der Waals surface area contributed by atoms with Crippen LogP contribution in [0, 0.1) is 10.1 Å². The monoisotopic (exact) mass is 368 g/mol. The van der Waals surface area contributed by atoms with Crippen molar-refractivity contribution >= 4 is 11.6 Å². The predicted octanol–water partition coefficient (Wildman–Crippen LogP) is 3.60. The van der Waals surface area contributed by atoms with E-state index >= 15 is 0 Å². The Morgan fingerprint density at radius 2 is 1.69 bits per heavy atom. The van der Waals surface area contributed by atoms with Gasteiger partial charge in [0, 0.05) is 12.6 Å². The average molecular weight is 368 g/mol. The molecule has 2 aromatic carbocycles. The van der Waals surface area contributed by atoms with Crippen LogP contribution in [0.2, 0.25) is 0 Å². The molecule has 2 rings (SSSR count). The minimum Gasteiger partial charge on any atom is -0.367 e. The molecule has 0 aromatic heterocycles. The molecule has 0 aliphatic rings. The summed E-state index contributed by atoms with van der Waals surface area (Å²) in [6.45, 7) is -1.38. The van der Waals surface area contributed by atoms with Gasteiger partial charge in [0.05, 0.1) is 11.5 Å². The number of carbonyl (C=O) groups excluding carboxylic acids is 1. The van der Waals surface area contributed by atoms with Crippen LogP contribution in [0.1, 0.15) is 21.5 Å². The number of rotatable bonds is 7. The van der Waals surface area contributed by atoms with Crippen molar-refractivity contribution in [1.82, 2.24) is 5.32 Å². The Morgan fingerprint density at radius 1 is 1.08 bits per heavy atom. The SMILES string of the molecule is O=C(NCc1ccc(COCC(F)(F)F)cc1)c1ccccc1[N+](=O)[O-]. The Labute approximate surface area is 146 Å². The van der Waals surface area contributed by atoms with Crippen LogP contribution in [-0.4, -0.2) is 23.6 Å². The van der Waals surface area contributed by atoms with Crippen LogP contribution in [0.5, 0.6) is 0 Å². The van der Waals surface area contributed by atoms with Crippen LogP contribution >= 0.6 is 0 Å². The molecule has 2 aromatic rings. The standard InChI is InChI=1S/C17H15F3N2O4/c18-17(19,20)11-26-10-13-7-5-12(6-8-13)9-21-16(23)14-3-1-2-4-15(14)22(24)25/h1-8H,9-11H2,(H,21,23). The highest BCUT2D eigenvalue weighted by atomic mass is 19.4. The molecule has 0 saturated heterocycles. The van der Waals surface area contributed by atoms with E-state index in [0.29, 0.717) is 11.1 Å². The number of hydrogen-bond acceptors (Lipinski definition) is 4. The Bertz CT molecular complexity index is 776. The van der Waals surface area contributed by atoms with Gasteiger partial charge >= 0.3 is 6.18 Å². The third-order valence-electron chi connectivity index (χ3n) is 3.36. The fourth-order valence-electron chi connectivity index (χ4n) is 2.14. The molecule has 0 fully saturated rings. The van der Waals surface area contributed by atoms with Crippen LogP contribution in [0.25, 0.3) is 0 Å². The quantitative estimate of drug-likeness (QED) is 0.598. The smallest absolute Gasteiger partial charge is 0.367 e. The van der Waals surface area contributed by atoms with Gasteiger partial charge in [-0.05, 0) is 17.2 Å². The van der Waals surface area contributed by atoms with Gasteiger partial charge in [-0.15, -0.1) is 0 Å². The molecule has 6 nitrogen and oxygen atoms in total.